The molecule has 0 aromatic carbocycles. The Morgan fingerprint density at radius 2 is 1.70 bits per heavy atom. The van der Waals surface area contributed by atoms with Crippen molar-refractivity contribution in [2.75, 3.05) is 0 Å². The van der Waals surface area contributed by atoms with E-state index >= 15 is 0 Å². The lowest BCUT2D eigenvalue weighted by Gasteiger charge is -2.59. The van der Waals surface area contributed by atoms with Crippen molar-refractivity contribution in [3.63, 3.8) is 0 Å². The summed E-state index contributed by atoms with van der Waals surface area (Å²) in [6.45, 7) is 4.98. The Bertz CT molecular complexity index is 427. The average Bonchev–Trinajstić information content (AvgIpc) is 2.74. The first-order chi connectivity index (χ1) is 9.56. The first kappa shape index (κ1) is 13.4. The van der Waals surface area contributed by atoms with E-state index in [1.165, 1.54) is 44.9 Å². The fourth-order valence-corrected chi connectivity index (χ4v) is 6.80. The van der Waals surface area contributed by atoms with Gasteiger partial charge in [0.15, 0.2) is 0 Å². The van der Waals surface area contributed by atoms with E-state index in [9.17, 15) is 5.11 Å². The minimum absolute atomic E-state index is 0.0229. The molecule has 0 aliphatic heterocycles. The smallest absolute Gasteiger partial charge is 0.0596 e. The van der Waals surface area contributed by atoms with Gasteiger partial charge in [-0.2, -0.15) is 0 Å². The van der Waals surface area contributed by atoms with Crippen LogP contribution in [0.1, 0.15) is 65.2 Å². The summed E-state index contributed by atoms with van der Waals surface area (Å²) >= 11 is 0. The zero-order chi connectivity index (χ0) is 14.0. The maximum absolute atomic E-state index is 10.5. The van der Waals surface area contributed by atoms with Crippen molar-refractivity contribution in [3.05, 3.63) is 12.2 Å². The van der Waals surface area contributed by atoms with Gasteiger partial charge in [-0.15, -0.1) is 0 Å². The Morgan fingerprint density at radius 1 is 0.900 bits per heavy atom. The average molecular weight is 274 g/mol. The van der Waals surface area contributed by atoms with Gasteiger partial charge in [0.2, 0.25) is 0 Å². The second kappa shape index (κ2) is 4.35. The molecule has 0 spiro atoms. The summed E-state index contributed by atoms with van der Waals surface area (Å²) in [5, 5.41) is 10.5. The maximum atomic E-state index is 10.5. The molecule has 1 N–H and O–H groups in total. The SMILES string of the molecule is C[C@]12CCC=C[C@@H]1CC[C@@H]1[C@@H]2CC[C@]2(C)C(O)CC[C@@H]12. The Balaban J connectivity index is 1.67. The van der Waals surface area contributed by atoms with Crippen molar-refractivity contribution in [1.82, 2.24) is 0 Å². The monoisotopic (exact) mass is 274 g/mol. The van der Waals surface area contributed by atoms with Gasteiger partial charge in [-0.25, -0.2) is 0 Å². The lowest BCUT2D eigenvalue weighted by molar-refractivity contribution is -0.104. The molecule has 3 fully saturated rings. The number of aliphatic hydroxyl groups excluding tert-OH is 1. The molecule has 0 radical (unpaired) electrons. The highest BCUT2D eigenvalue weighted by atomic mass is 16.3. The van der Waals surface area contributed by atoms with Crippen LogP contribution in [0.15, 0.2) is 12.2 Å². The number of rotatable bonds is 0. The zero-order valence-electron chi connectivity index (χ0n) is 13.1. The number of allylic oxidation sites excluding steroid dienone is 2. The summed E-state index contributed by atoms with van der Waals surface area (Å²) in [5.74, 6) is 3.47. The molecule has 7 atom stereocenters. The lowest BCUT2D eigenvalue weighted by Crippen LogP contribution is -2.52. The van der Waals surface area contributed by atoms with Crippen LogP contribution in [-0.4, -0.2) is 11.2 Å². The largest absolute Gasteiger partial charge is 0.393 e. The third kappa shape index (κ3) is 1.59. The summed E-state index contributed by atoms with van der Waals surface area (Å²) < 4.78 is 0. The van der Waals surface area contributed by atoms with Crippen molar-refractivity contribution in [2.24, 2.45) is 34.5 Å². The highest BCUT2D eigenvalue weighted by Gasteiger charge is 2.59. The second-order valence-corrected chi connectivity index (χ2v) is 8.67. The van der Waals surface area contributed by atoms with E-state index in [0.717, 1.165) is 30.1 Å². The van der Waals surface area contributed by atoms with Gasteiger partial charge in [-0.05, 0) is 85.9 Å². The van der Waals surface area contributed by atoms with Gasteiger partial charge in [0, 0.05) is 0 Å². The zero-order valence-corrected chi connectivity index (χ0v) is 13.1. The predicted octanol–water partition coefficient (Wildman–Crippen LogP) is 4.56. The van der Waals surface area contributed by atoms with Crippen molar-refractivity contribution in [2.45, 2.75) is 71.3 Å². The maximum Gasteiger partial charge on any atom is 0.0596 e. The van der Waals surface area contributed by atoms with Gasteiger partial charge >= 0.3 is 0 Å². The molecule has 4 rings (SSSR count). The Morgan fingerprint density at radius 3 is 2.55 bits per heavy atom. The quantitative estimate of drug-likeness (QED) is 0.642. The van der Waals surface area contributed by atoms with E-state index in [1.54, 1.807) is 0 Å². The van der Waals surface area contributed by atoms with Gasteiger partial charge in [0.05, 0.1) is 6.10 Å². The molecule has 1 nitrogen and oxygen atoms in total. The Hall–Kier alpha value is -0.300. The molecule has 0 amide bonds. The van der Waals surface area contributed by atoms with Gasteiger partial charge in [-0.1, -0.05) is 26.0 Å². The van der Waals surface area contributed by atoms with Crippen molar-refractivity contribution >= 4 is 0 Å². The van der Waals surface area contributed by atoms with Crippen LogP contribution in [0.5, 0.6) is 0 Å². The molecule has 4 aliphatic rings. The molecule has 20 heavy (non-hydrogen) atoms. The standard InChI is InChI=1S/C19H30O/c1-18-11-4-3-5-13(18)6-7-14-15-8-9-17(20)19(15,2)12-10-16(14)18/h3,5,13-17,20H,4,6-12H2,1-2H3/t13-,14+,15+,16+,17?,18+,19+/m1/s1. The van der Waals surface area contributed by atoms with E-state index in [-0.39, 0.29) is 11.5 Å². The van der Waals surface area contributed by atoms with Crippen LogP contribution < -0.4 is 0 Å². The van der Waals surface area contributed by atoms with Crippen LogP contribution in [-0.2, 0) is 0 Å². The van der Waals surface area contributed by atoms with Crippen molar-refractivity contribution in [3.8, 4) is 0 Å². The molecule has 1 unspecified atom stereocenters. The first-order valence-corrected chi connectivity index (χ1v) is 8.90. The van der Waals surface area contributed by atoms with Gasteiger partial charge in [0.1, 0.15) is 0 Å². The molecule has 0 heterocycles. The van der Waals surface area contributed by atoms with Gasteiger partial charge < -0.3 is 5.11 Å². The summed E-state index contributed by atoms with van der Waals surface area (Å²) in [4.78, 5) is 0. The molecular formula is C19H30O. The summed E-state index contributed by atoms with van der Waals surface area (Å²) in [7, 11) is 0. The lowest BCUT2D eigenvalue weighted by atomic mass is 9.46. The summed E-state index contributed by atoms with van der Waals surface area (Å²) in [6, 6.07) is 0. The van der Waals surface area contributed by atoms with E-state index in [4.69, 9.17) is 0 Å². The number of fused-ring (bicyclic) bond motifs is 5. The van der Waals surface area contributed by atoms with E-state index in [0.29, 0.717) is 5.41 Å². The topological polar surface area (TPSA) is 20.2 Å². The molecule has 112 valence electrons. The number of aliphatic hydroxyl groups is 1. The van der Waals surface area contributed by atoms with E-state index in [1.807, 2.05) is 0 Å². The minimum atomic E-state index is -0.0229. The molecule has 3 saturated carbocycles. The molecular weight excluding hydrogens is 244 g/mol. The first-order valence-electron chi connectivity index (χ1n) is 8.90. The molecule has 4 aliphatic carbocycles. The molecule has 0 bridgehead atoms. The number of hydrogen-bond acceptors (Lipinski definition) is 1. The molecule has 0 aromatic rings. The van der Waals surface area contributed by atoms with E-state index < -0.39 is 0 Å². The van der Waals surface area contributed by atoms with Gasteiger partial charge in [-0.3, -0.25) is 0 Å². The number of hydrogen-bond donors (Lipinski definition) is 1. The van der Waals surface area contributed by atoms with Crippen LogP contribution in [0.2, 0.25) is 0 Å². The minimum Gasteiger partial charge on any atom is -0.393 e. The molecule has 0 saturated heterocycles. The van der Waals surface area contributed by atoms with Gasteiger partial charge in [0.25, 0.3) is 0 Å². The third-order valence-electron chi connectivity index (χ3n) is 8.11. The molecule has 0 aromatic heterocycles. The van der Waals surface area contributed by atoms with Crippen molar-refractivity contribution < 1.29 is 5.11 Å². The summed E-state index contributed by atoms with van der Waals surface area (Å²) in [6.07, 6.45) is 15.4. The van der Waals surface area contributed by atoms with Crippen LogP contribution >= 0.6 is 0 Å². The van der Waals surface area contributed by atoms with Crippen LogP contribution in [0.4, 0.5) is 0 Å². The Labute approximate surface area is 123 Å². The highest BCUT2D eigenvalue weighted by molar-refractivity contribution is 5.13. The normalized spacial score (nSPS) is 57.9. The summed E-state index contributed by atoms with van der Waals surface area (Å²) in [5.41, 5.74) is 0.807. The fourth-order valence-electron chi connectivity index (χ4n) is 6.80. The Kier molecular flexibility index (Phi) is 2.91. The fraction of sp³-hybridized carbons (Fsp3) is 0.895. The van der Waals surface area contributed by atoms with Crippen LogP contribution in [0.25, 0.3) is 0 Å². The molecule has 1 heteroatoms. The van der Waals surface area contributed by atoms with Crippen LogP contribution in [0, 0.1) is 34.5 Å². The second-order valence-electron chi connectivity index (χ2n) is 8.67. The highest BCUT2D eigenvalue weighted by Crippen LogP contribution is 2.65. The predicted molar refractivity (Wildman–Crippen MR) is 82.3 cm³/mol. The third-order valence-corrected chi connectivity index (χ3v) is 8.11. The van der Waals surface area contributed by atoms with Crippen LogP contribution in [0.3, 0.4) is 0 Å². The van der Waals surface area contributed by atoms with E-state index in [2.05, 4.69) is 26.0 Å². The van der Waals surface area contributed by atoms with Crippen molar-refractivity contribution in [1.29, 1.82) is 0 Å².